The monoisotopic (exact) mass is 402 g/mol. The van der Waals surface area contributed by atoms with Crippen molar-refractivity contribution < 1.29 is 4.79 Å². The third kappa shape index (κ3) is 3.03. The Hall–Kier alpha value is -2.69. The Morgan fingerprint density at radius 2 is 2.07 bits per heavy atom. The Morgan fingerprint density at radius 1 is 1.23 bits per heavy atom. The summed E-state index contributed by atoms with van der Waals surface area (Å²) in [7, 11) is 0. The van der Waals surface area contributed by atoms with Crippen LogP contribution in [0.4, 0.5) is 0 Å². The van der Waals surface area contributed by atoms with Crippen LogP contribution < -0.4 is 5.73 Å². The molecule has 1 saturated carbocycles. The van der Waals surface area contributed by atoms with Gasteiger partial charge in [-0.2, -0.15) is 0 Å². The van der Waals surface area contributed by atoms with Crippen molar-refractivity contribution >= 4 is 28.2 Å². The van der Waals surface area contributed by atoms with Crippen molar-refractivity contribution in [2.75, 3.05) is 19.6 Å². The zero-order chi connectivity index (χ0) is 20.8. The largest absolute Gasteiger partial charge is 0.398 e. The third-order valence-electron chi connectivity index (χ3n) is 7.71. The van der Waals surface area contributed by atoms with E-state index in [0.29, 0.717) is 11.6 Å². The number of amides is 1. The summed E-state index contributed by atoms with van der Waals surface area (Å²) in [5, 5.41) is 1.08. The van der Waals surface area contributed by atoms with Crippen molar-refractivity contribution in [1.82, 2.24) is 9.88 Å². The van der Waals surface area contributed by atoms with Gasteiger partial charge in [-0.25, -0.2) is 0 Å². The molecule has 1 aromatic heterocycles. The number of hydrogen-bond acceptors (Lipinski definition) is 4. The molecule has 1 aliphatic carbocycles. The quantitative estimate of drug-likeness (QED) is 0.834. The summed E-state index contributed by atoms with van der Waals surface area (Å²) in [6.07, 6.45) is 10.1. The molecule has 5 rings (SSSR count). The minimum atomic E-state index is -0.0902. The average Bonchev–Trinajstić information content (AvgIpc) is 3.34. The Labute approximate surface area is 178 Å². The highest BCUT2D eigenvalue weighted by atomic mass is 16.2. The van der Waals surface area contributed by atoms with E-state index in [-0.39, 0.29) is 10.8 Å². The molecule has 1 aromatic carbocycles. The van der Waals surface area contributed by atoms with E-state index in [0.717, 1.165) is 73.9 Å². The molecule has 0 radical (unpaired) electrons. The number of rotatable bonds is 4. The summed E-state index contributed by atoms with van der Waals surface area (Å²) in [5.74, 6) is 0.370. The number of allylic oxidation sites excluding steroid dienone is 1. The van der Waals surface area contributed by atoms with Crippen LogP contribution in [0.15, 0.2) is 47.6 Å². The SMILES string of the molecule is CCC1(C(=O)N2CCC3(CCN=C3C=C(N)c3cnc4ccccc4c3)C2)CCC1. The van der Waals surface area contributed by atoms with Crippen LogP contribution in [0.5, 0.6) is 0 Å². The molecule has 5 nitrogen and oxygen atoms in total. The number of aliphatic imine (C=N–C) groups is 1. The third-order valence-corrected chi connectivity index (χ3v) is 7.71. The van der Waals surface area contributed by atoms with Crippen LogP contribution in [-0.2, 0) is 4.79 Å². The predicted octanol–water partition coefficient (Wildman–Crippen LogP) is 4.18. The van der Waals surface area contributed by atoms with Gasteiger partial charge in [0.05, 0.1) is 5.52 Å². The van der Waals surface area contributed by atoms with Crippen LogP contribution in [0.25, 0.3) is 16.6 Å². The number of nitrogens with zero attached hydrogens (tertiary/aromatic N) is 3. The zero-order valence-electron chi connectivity index (χ0n) is 17.7. The smallest absolute Gasteiger partial charge is 0.228 e. The van der Waals surface area contributed by atoms with E-state index in [1.165, 1.54) is 6.42 Å². The molecule has 1 saturated heterocycles. The molecule has 1 unspecified atom stereocenters. The van der Waals surface area contributed by atoms with Crippen molar-refractivity contribution in [3.63, 3.8) is 0 Å². The maximum absolute atomic E-state index is 13.2. The molecule has 2 N–H and O–H groups in total. The number of para-hydroxylation sites is 1. The van der Waals surface area contributed by atoms with Gasteiger partial charge in [-0.1, -0.05) is 31.5 Å². The van der Waals surface area contributed by atoms with Crippen LogP contribution in [0, 0.1) is 10.8 Å². The molecule has 2 aliphatic heterocycles. The predicted molar refractivity (Wildman–Crippen MR) is 121 cm³/mol. The number of carbonyl (C=O) groups excluding carboxylic acids is 1. The van der Waals surface area contributed by atoms with Crippen molar-refractivity contribution in [2.24, 2.45) is 21.6 Å². The second kappa shape index (κ2) is 7.22. The molecule has 3 heterocycles. The fourth-order valence-electron chi connectivity index (χ4n) is 5.46. The molecule has 3 aliphatic rings. The van der Waals surface area contributed by atoms with E-state index in [9.17, 15) is 4.79 Å². The molecule has 5 heteroatoms. The lowest BCUT2D eigenvalue weighted by Gasteiger charge is -2.42. The number of fused-ring (bicyclic) bond motifs is 1. The summed E-state index contributed by atoms with van der Waals surface area (Å²) in [4.78, 5) is 24.7. The van der Waals surface area contributed by atoms with Gasteiger partial charge in [0.25, 0.3) is 0 Å². The van der Waals surface area contributed by atoms with Crippen LogP contribution in [0.1, 0.15) is 51.0 Å². The highest BCUT2D eigenvalue weighted by Gasteiger charge is 2.50. The van der Waals surface area contributed by atoms with Gasteiger partial charge in [0, 0.05) is 59.0 Å². The van der Waals surface area contributed by atoms with Crippen molar-refractivity contribution in [2.45, 2.75) is 45.4 Å². The molecule has 1 spiro atoms. The summed E-state index contributed by atoms with van der Waals surface area (Å²) in [6.45, 7) is 4.60. The van der Waals surface area contributed by atoms with Crippen LogP contribution in [0.2, 0.25) is 0 Å². The molecule has 1 atom stereocenters. The average molecular weight is 403 g/mol. The Balaban J connectivity index is 1.37. The summed E-state index contributed by atoms with van der Waals surface area (Å²) in [5.41, 5.74) is 10.0. The normalized spacial score (nSPS) is 25.6. The van der Waals surface area contributed by atoms with Gasteiger partial charge in [-0.15, -0.1) is 0 Å². The number of hydrogen-bond donors (Lipinski definition) is 1. The highest BCUT2D eigenvalue weighted by molar-refractivity contribution is 6.06. The summed E-state index contributed by atoms with van der Waals surface area (Å²) in [6, 6.07) is 10.1. The van der Waals surface area contributed by atoms with E-state index >= 15 is 0 Å². The Bertz CT molecular complexity index is 1050. The van der Waals surface area contributed by atoms with E-state index in [4.69, 9.17) is 10.7 Å². The number of carbonyl (C=O) groups is 1. The maximum atomic E-state index is 13.2. The number of pyridine rings is 1. The fraction of sp³-hybridized carbons (Fsp3) is 0.480. The van der Waals surface area contributed by atoms with E-state index in [1.807, 2.05) is 30.5 Å². The number of benzene rings is 1. The Morgan fingerprint density at radius 3 is 2.83 bits per heavy atom. The first-order chi connectivity index (χ1) is 14.6. The first kappa shape index (κ1) is 19.3. The van der Waals surface area contributed by atoms with Gasteiger partial charge in [-0.3, -0.25) is 14.8 Å². The number of aromatic nitrogens is 1. The fourth-order valence-corrected chi connectivity index (χ4v) is 5.46. The molecule has 30 heavy (non-hydrogen) atoms. The second-order valence-corrected chi connectivity index (χ2v) is 9.28. The van der Waals surface area contributed by atoms with E-state index < -0.39 is 0 Å². The highest BCUT2D eigenvalue weighted by Crippen LogP contribution is 2.48. The van der Waals surface area contributed by atoms with Crippen LogP contribution in [-0.4, -0.2) is 41.1 Å². The lowest BCUT2D eigenvalue weighted by Crippen LogP contribution is -2.47. The van der Waals surface area contributed by atoms with Gasteiger partial charge in [-0.05, 0) is 50.3 Å². The standard InChI is InChI=1S/C25H30N4O/c1-2-24(8-5-9-24)23(30)29-13-11-25(17-29)10-12-27-22(25)15-20(26)19-14-18-6-3-4-7-21(18)28-16-19/h3-4,6-7,14-16H,2,5,8-13,17,26H2,1H3. The van der Waals surface area contributed by atoms with E-state index in [2.05, 4.69) is 28.9 Å². The van der Waals surface area contributed by atoms with Crippen molar-refractivity contribution in [1.29, 1.82) is 0 Å². The number of nitrogens with two attached hydrogens (primary N) is 1. The molecule has 2 aromatic rings. The molecule has 2 fully saturated rings. The summed E-state index contributed by atoms with van der Waals surface area (Å²) < 4.78 is 0. The summed E-state index contributed by atoms with van der Waals surface area (Å²) >= 11 is 0. The van der Waals surface area contributed by atoms with Crippen LogP contribution >= 0.6 is 0 Å². The minimum Gasteiger partial charge on any atom is -0.398 e. The first-order valence-corrected chi connectivity index (χ1v) is 11.2. The molecule has 1 amide bonds. The topological polar surface area (TPSA) is 71.6 Å². The van der Waals surface area contributed by atoms with Gasteiger partial charge in [0.2, 0.25) is 5.91 Å². The van der Waals surface area contributed by atoms with E-state index in [1.54, 1.807) is 0 Å². The molecular weight excluding hydrogens is 372 g/mol. The zero-order valence-corrected chi connectivity index (χ0v) is 17.7. The lowest BCUT2D eigenvalue weighted by molar-refractivity contribution is -0.146. The molecule has 0 bridgehead atoms. The lowest BCUT2D eigenvalue weighted by atomic mass is 9.66. The van der Waals surface area contributed by atoms with Gasteiger partial charge in [0.15, 0.2) is 0 Å². The maximum Gasteiger partial charge on any atom is 0.228 e. The van der Waals surface area contributed by atoms with Gasteiger partial charge >= 0.3 is 0 Å². The number of likely N-dealkylation sites (tertiary alicyclic amines) is 1. The van der Waals surface area contributed by atoms with Gasteiger partial charge < -0.3 is 10.6 Å². The van der Waals surface area contributed by atoms with Crippen LogP contribution in [0.3, 0.4) is 0 Å². The Kier molecular flexibility index (Phi) is 4.64. The first-order valence-electron chi connectivity index (χ1n) is 11.2. The molecular formula is C25H30N4O. The van der Waals surface area contributed by atoms with Crippen molar-refractivity contribution in [3.05, 3.63) is 48.2 Å². The minimum absolute atomic E-state index is 0.0385. The van der Waals surface area contributed by atoms with Crippen molar-refractivity contribution in [3.8, 4) is 0 Å². The molecule has 156 valence electrons. The van der Waals surface area contributed by atoms with Gasteiger partial charge in [0.1, 0.15) is 0 Å². The second-order valence-electron chi connectivity index (χ2n) is 9.28.